The molecule has 1 aliphatic rings. The van der Waals surface area contributed by atoms with Gasteiger partial charge in [0.15, 0.2) is 5.78 Å². The highest BCUT2D eigenvalue weighted by molar-refractivity contribution is 5.95. The zero-order valence-electron chi connectivity index (χ0n) is 14.3. The fourth-order valence-corrected chi connectivity index (χ4v) is 3.48. The highest BCUT2D eigenvalue weighted by Crippen LogP contribution is 2.29. The quantitative estimate of drug-likeness (QED) is 0.779. The summed E-state index contributed by atoms with van der Waals surface area (Å²) in [7, 11) is 0. The number of halogens is 1. The SMILES string of the molecule is CC(=O)c1ccc(C#N)c(N2CCC(Cc3cccc(F)c3)CC2)c1. The minimum atomic E-state index is -0.186. The van der Waals surface area contributed by atoms with Gasteiger partial charge in [0.1, 0.15) is 11.9 Å². The van der Waals surface area contributed by atoms with Crippen molar-refractivity contribution in [1.29, 1.82) is 5.26 Å². The maximum Gasteiger partial charge on any atom is 0.159 e. The van der Waals surface area contributed by atoms with E-state index in [0.717, 1.165) is 43.6 Å². The van der Waals surface area contributed by atoms with Gasteiger partial charge < -0.3 is 4.90 Å². The molecule has 128 valence electrons. The number of carbonyl (C=O) groups is 1. The van der Waals surface area contributed by atoms with Crippen LogP contribution in [-0.4, -0.2) is 18.9 Å². The van der Waals surface area contributed by atoms with E-state index in [1.54, 1.807) is 24.3 Å². The van der Waals surface area contributed by atoms with Gasteiger partial charge in [-0.15, -0.1) is 0 Å². The molecule has 0 aromatic heterocycles. The fraction of sp³-hybridized carbons (Fsp3) is 0.333. The van der Waals surface area contributed by atoms with E-state index < -0.39 is 0 Å². The summed E-state index contributed by atoms with van der Waals surface area (Å²) in [6.07, 6.45) is 2.86. The Balaban J connectivity index is 1.69. The fourth-order valence-electron chi connectivity index (χ4n) is 3.48. The second-order valence-corrected chi connectivity index (χ2v) is 6.66. The molecule has 2 aromatic rings. The van der Waals surface area contributed by atoms with E-state index in [0.29, 0.717) is 17.0 Å². The summed E-state index contributed by atoms with van der Waals surface area (Å²) < 4.78 is 13.3. The van der Waals surface area contributed by atoms with Gasteiger partial charge in [-0.1, -0.05) is 12.1 Å². The first kappa shape index (κ1) is 17.2. The van der Waals surface area contributed by atoms with Crippen LogP contribution < -0.4 is 4.90 Å². The molecule has 25 heavy (non-hydrogen) atoms. The summed E-state index contributed by atoms with van der Waals surface area (Å²) in [5.41, 5.74) is 3.12. The molecule has 1 saturated heterocycles. The van der Waals surface area contributed by atoms with Crippen molar-refractivity contribution in [3.63, 3.8) is 0 Å². The average Bonchev–Trinajstić information content (AvgIpc) is 2.62. The van der Waals surface area contributed by atoms with Gasteiger partial charge in [-0.2, -0.15) is 5.26 Å². The van der Waals surface area contributed by atoms with Crippen molar-refractivity contribution >= 4 is 11.5 Å². The molecule has 2 aromatic carbocycles. The highest BCUT2D eigenvalue weighted by Gasteiger charge is 2.22. The predicted molar refractivity (Wildman–Crippen MR) is 96.2 cm³/mol. The molecule has 3 nitrogen and oxygen atoms in total. The van der Waals surface area contributed by atoms with E-state index in [-0.39, 0.29) is 11.6 Å². The lowest BCUT2D eigenvalue weighted by atomic mass is 9.89. The number of benzene rings is 2. The van der Waals surface area contributed by atoms with Gasteiger partial charge in [0.2, 0.25) is 0 Å². The maximum absolute atomic E-state index is 13.3. The Labute approximate surface area is 147 Å². The minimum absolute atomic E-state index is 0.00623. The molecule has 0 radical (unpaired) electrons. The van der Waals surface area contributed by atoms with Crippen LogP contribution in [0, 0.1) is 23.1 Å². The summed E-state index contributed by atoms with van der Waals surface area (Å²) in [5, 5.41) is 9.35. The van der Waals surface area contributed by atoms with E-state index >= 15 is 0 Å². The van der Waals surface area contributed by atoms with Crippen molar-refractivity contribution in [2.45, 2.75) is 26.2 Å². The Kier molecular flexibility index (Phi) is 5.14. The largest absolute Gasteiger partial charge is 0.370 e. The molecule has 0 aliphatic carbocycles. The summed E-state index contributed by atoms with van der Waals surface area (Å²) in [5.74, 6) is 0.334. The third-order valence-corrected chi connectivity index (χ3v) is 4.89. The van der Waals surface area contributed by atoms with Crippen molar-refractivity contribution < 1.29 is 9.18 Å². The van der Waals surface area contributed by atoms with Gasteiger partial charge in [0.25, 0.3) is 0 Å². The van der Waals surface area contributed by atoms with Gasteiger partial charge in [-0.05, 0) is 68.0 Å². The lowest BCUT2D eigenvalue weighted by Gasteiger charge is -2.34. The van der Waals surface area contributed by atoms with Gasteiger partial charge in [-0.3, -0.25) is 4.79 Å². The minimum Gasteiger partial charge on any atom is -0.370 e. The molecule has 4 heteroatoms. The molecule has 3 rings (SSSR count). The number of nitrogens with zero attached hydrogens (tertiary/aromatic N) is 2. The van der Waals surface area contributed by atoms with Crippen molar-refractivity contribution in [2.75, 3.05) is 18.0 Å². The summed E-state index contributed by atoms with van der Waals surface area (Å²) in [6.45, 7) is 3.22. The van der Waals surface area contributed by atoms with Crippen LogP contribution in [0.4, 0.5) is 10.1 Å². The van der Waals surface area contributed by atoms with Crippen molar-refractivity contribution in [3.8, 4) is 6.07 Å². The normalized spacial score (nSPS) is 15.0. The zero-order chi connectivity index (χ0) is 17.8. The molecule has 1 fully saturated rings. The Morgan fingerprint density at radius 2 is 2.00 bits per heavy atom. The van der Waals surface area contributed by atoms with Crippen molar-refractivity contribution in [2.24, 2.45) is 5.92 Å². The maximum atomic E-state index is 13.3. The molecule has 0 atom stereocenters. The van der Waals surface area contributed by atoms with Crippen LogP contribution in [-0.2, 0) is 6.42 Å². The molecule has 1 aliphatic heterocycles. The Bertz CT molecular complexity index is 817. The van der Waals surface area contributed by atoms with Crippen LogP contribution in [0.25, 0.3) is 0 Å². The molecule has 0 amide bonds. The van der Waals surface area contributed by atoms with E-state index in [4.69, 9.17) is 0 Å². The summed E-state index contributed by atoms with van der Waals surface area (Å²) >= 11 is 0. The Hall–Kier alpha value is -2.67. The van der Waals surface area contributed by atoms with Crippen LogP contribution >= 0.6 is 0 Å². The van der Waals surface area contributed by atoms with Crippen molar-refractivity contribution in [3.05, 3.63) is 65.0 Å². The molecule has 0 saturated carbocycles. The number of Topliss-reactive ketones (excluding diaryl/α,β-unsaturated/α-hetero) is 1. The van der Waals surface area contributed by atoms with Crippen LogP contribution in [0.3, 0.4) is 0 Å². The standard InChI is InChI=1S/C21H21FN2O/c1-15(25)18-5-6-19(14-23)21(13-18)24-9-7-16(8-10-24)11-17-3-2-4-20(22)12-17/h2-6,12-13,16H,7-11H2,1H3. The van der Waals surface area contributed by atoms with Gasteiger partial charge in [-0.25, -0.2) is 4.39 Å². The average molecular weight is 336 g/mol. The number of ketones is 1. The third-order valence-electron chi connectivity index (χ3n) is 4.89. The highest BCUT2D eigenvalue weighted by atomic mass is 19.1. The second-order valence-electron chi connectivity index (χ2n) is 6.66. The predicted octanol–water partition coefficient (Wildman–Crippen LogP) is 4.36. The van der Waals surface area contributed by atoms with Gasteiger partial charge in [0, 0.05) is 18.7 Å². The van der Waals surface area contributed by atoms with Crippen LogP contribution in [0.5, 0.6) is 0 Å². The molecular weight excluding hydrogens is 315 g/mol. The molecule has 0 N–H and O–H groups in total. The van der Waals surface area contributed by atoms with E-state index in [1.807, 2.05) is 12.1 Å². The monoisotopic (exact) mass is 336 g/mol. The van der Waals surface area contributed by atoms with Crippen molar-refractivity contribution in [1.82, 2.24) is 0 Å². The molecule has 1 heterocycles. The number of rotatable bonds is 4. The van der Waals surface area contributed by atoms with Crippen LogP contribution in [0.2, 0.25) is 0 Å². The third kappa shape index (κ3) is 4.06. The van der Waals surface area contributed by atoms with E-state index in [2.05, 4.69) is 11.0 Å². The summed E-state index contributed by atoms with van der Waals surface area (Å²) in [4.78, 5) is 13.8. The number of nitriles is 1. The molecule has 0 spiro atoms. The number of hydrogen-bond donors (Lipinski definition) is 0. The van der Waals surface area contributed by atoms with Gasteiger partial charge in [0.05, 0.1) is 11.3 Å². The smallest absolute Gasteiger partial charge is 0.159 e. The lowest BCUT2D eigenvalue weighted by Crippen LogP contribution is -2.34. The first-order chi connectivity index (χ1) is 12.1. The topological polar surface area (TPSA) is 44.1 Å². The molecule has 0 bridgehead atoms. The number of piperidine rings is 1. The zero-order valence-corrected chi connectivity index (χ0v) is 14.3. The van der Waals surface area contributed by atoms with Gasteiger partial charge >= 0.3 is 0 Å². The van der Waals surface area contributed by atoms with Crippen LogP contribution in [0.1, 0.15) is 41.3 Å². The number of carbonyl (C=O) groups excluding carboxylic acids is 1. The first-order valence-corrected chi connectivity index (χ1v) is 8.61. The number of hydrogen-bond acceptors (Lipinski definition) is 3. The Morgan fingerprint density at radius 3 is 2.64 bits per heavy atom. The van der Waals surface area contributed by atoms with Crippen LogP contribution in [0.15, 0.2) is 42.5 Å². The first-order valence-electron chi connectivity index (χ1n) is 8.61. The molecular formula is C21H21FN2O. The van der Waals surface area contributed by atoms with E-state index in [1.165, 1.54) is 13.0 Å². The van der Waals surface area contributed by atoms with E-state index in [9.17, 15) is 14.4 Å². The molecule has 0 unspecified atom stereocenters. The lowest BCUT2D eigenvalue weighted by molar-refractivity contribution is 0.101. The number of anilines is 1. The second kappa shape index (κ2) is 7.48. The summed E-state index contributed by atoms with van der Waals surface area (Å²) in [6, 6.07) is 14.3. The Morgan fingerprint density at radius 1 is 1.24 bits per heavy atom.